The Kier molecular flexibility index (Phi) is 5.27. The van der Waals surface area contributed by atoms with Gasteiger partial charge in [-0.3, -0.25) is 0 Å². The normalized spacial score (nSPS) is 11.4. The minimum atomic E-state index is -4.69. The van der Waals surface area contributed by atoms with E-state index in [1.165, 1.54) is 12.1 Å². The zero-order chi connectivity index (χ0) is 13.6. The van der Waals surface area contributed by atoms with Crippen LogP contribution in [0.2, 0.25) is 0 Å². The lowest BCUT2D eigenvalue weighted by Gasteiger charge is -2.12. The molecule has 0 fully saturated rings. The van der Waals surface area contributed by atoms with Gasteiger partial charge in [0.2, 0.25) is 0 Å². The number of ether oxygens (including phenoxy) is 3. The summed E-state index contributed by atoms with van der Waals surface area (Å²) in [5.41, 5.74) is 0.637. The average molecular weight is 264 g/mol. The molecule has 0 heterocycles. The van der Waals surface area contributed by atoms with Gasteiger partial charge in [0.15, 0.2) is 0 Å². The van der Waals surface area contributed by atoms with E-state index in [0.29, 0.717) is 30.9 Å². The number of alkyl halides is 3. The lowest BCUT2D eigenvalue weighted by atomic mass is 10.2. The summed E-state index contributed by atoms with van der Waals surface area (Å²) in [4.78, 5) is 0. The van der Waals surface area contributed by atoms with Gasteiger partial charge in [-0.05, 0) is 24.6 Å². The van der Waals surface area contributed by atoms with E-state index in [0.717, 1.165) is 0 Å². The summed E-state index contributed by atoms with van der Waals surface area (Å²) in [6.45, 7) is 2.59. The maximum absolute atomic E-state index is 12.1. The van der Waals surface area contributed by atoms with Gasteiger partial charge in [0, 0.05) is 26.2 Å². The molecule has 0 saturated heterocycles. The molecule has 0 bridgehead atoms. The van der Waals surface area contributed by atoms with Crippen LogP contribution in [0.1, 0.15) is 12.0 Å². The fourth-order valence-corrected chi connectivity index (χ4v) is 1.38. The van der Waals surface area contributed by atoms with E-state index in [-0.39, 0.29) is 5.75 Å². The predicted molar refractivity (Wildman–Crippen MR) is 59.9 cm³/mol. The maximum Gasteiger partial charge on any atom is 0.573 e. The summed E-state index contributed by atoms with van der Waals surface area (Å²) in [5, 5.41) is 0. The highest BCUT2D eigenvalue weighted by molar-refractivity contribution is 5.37. The first-order valence-corrected chi connectivity index (χ1v) is 5.40. The van der Waals surface area contributed by atoms with Gasteiger partial charge in [0.1, 0.15) is 11.5 Å². The summed E-state index contributed by atoms with van der Waals surface area (Å²) in [7, 11) is 1.57. The largest absolute Gasteiger partial charge is 0.573 e. The van der Waals surface area contributed by atoms with Gasteiger partial charge >= 0.3 is 6.36 Å². The maximum atomic E-state index is 12.1. The molecule has 0 spiro atoms. The van der Waals surface area contributed by atoms with Crippen molar-refractivity contribution in [3.05, 3.63) is 23.8 Å². The van der Waals surface area contributed by atoms with Gasteiger partial charge in [0.25, 0.3) is 0 Å². The van der Waals surface area contributed by atoms with Crippen LogP contribution in [0.4, 0.5) is 13.2 Å². The fraction of sp³-hybridized carbons (Fsp3) is 0.500. The zero-order valence-electron chi connectivity index (χ0n) is 10.2. The first kappa shape index (κ1) is 14.6. The van der Waals surface area contributed by atoms with Crippen molar-refractivity contribution >= 4 is 0 Å². The standard InChI is InChI=1S/C12H15F3O3/c1-9-6-10(17-5-3-4-16-2)8-11(7-9)18-12(13,14)15/h6-8H,3-5H2,1-2H3. The van der Waals surface area contributed by atoms with E-state index < -0.39 is 6.36 Å². The van der Waals surface area contributed by atoms with E-state index in [1.807, 2.05) is 0 Å². The Balaban J connectivity index is 2.63. The smallest absolute Gasteiger partial charge is 0.493 e. The second-order valence-corrected chi connectivity index (χ2v) is 3.72. The topological polar surface area (TPSA) is 27.7 Å². The summed E-state index contributed by atoms with van der Waals surface area (Å²) in [6, 6.07) is 4.17. The zero-order valence-corrected chi connectivity index (χ0v) is 10.2. The molecule has 0 aliphatic heterocycles. The molecule has 0 saturated carbocycles. The molecular formula is C12H15F3O3. The average Bonchev–Trinajstić information content (AvgIpc) is 2.21. The van der Waals surface area contributed by atoms with Crippen molar-refractivity contribution in [1.82, 2.24) is 0 Å². The molecule has 1 aromatic rings. The van der Waals surface area contributed by atoms with Crippen LogP contribution in [0.15, 0.2) is 18.2 Å². The molecule has 3 nitrogen and oxygen atoms in total. The first-order chi connectivity index (χ1) is 8.40. The number of hydrogen-bond acceptors (Lipinski definition) is 3. The molecule has 102 valence electrons. The molecule has 0 aliphatic rings. The third-order valence-corrected chi connectivity index (χ3v) is 2.02. The van der Waals surface area contributed by atoms with Gasteiger partial charge in [-0.1, -0.05) is 0 Å². The van der Waals surface area contributed by atoms with Crippen molar-refractivity contribution in [2.45, 2.75) is 19.7 Å². The molecule has 1 aromatic carbocycles. The van der Waals surface area contributed by atoms with E-state index in [1.54, 1.807) is 20.1 Å². The number of hydrogen-bond donors (Lipinski definition) is 0. The van der Waals surface area contributed by atoms with Crippen LogP contribution in [-0.2, 0) is 4.74 Å². The quantitative estimate of drug-likeness (QED) is 0.738. The molecule has 6 heteroatoms. The Hall–Kier alpha value is -1.43. The molecule has 1 rings (SSSR count). The van der Waals surface area contributed by atoms with Gasteiger partial charge in [-0.2, -0.15) is 0 Å². The highest BCUT2D eigenvalue weighted by Gasteiger charge is 2.31. The van der Waals surface area contributed by atoms with Crippen molar-refractivity contribution in [2.24, 2.45) is 0 Å². The van der Waals surface area contributed by atoms with Crippen LogP contribution in [0, 0.1) is 6.92 Å². The van der Waals surface area contributed by atoms with Crippen molar-refractivity contribution in [3.63, 3.8) is 0 Å². The van der Waals surface area contributed by atoms with Crippen LogP contribution < -0.4 is 9.47 Å². The molecule has 18 heavy (non-hydrogen) atoms. The monoisotopic (exact) mass is 264 g/mol. The molecule has 0 radical (unpaired) electrons. The van der Waals surface area contributed by atoms with Crippen molar-refractivity contribution < 1.29 is 27.4 Å². The third-order valence-electron chi connectivity index (χ3n) is 2.02. The second kappa shape index (κ2) is 6.49. The molecule has 0 aromatic heterocycles. The number of halogens is 3. The molecule has 0 atom stereocenters. The lowest BCUT2D eigenvalue weighted by Crippen LogP contribution is -2.17. The SMILES string of the molecule is COCCCOc1cc(C)cc(OC(F)(F)F)c1. The Morgan fingerprint density at radius 1 is 1.06 bits per heavy atom. The third kappa shape index (κ3) is 5.77. The van der Waals surface area contributed by atoms with Gasteiger partial charge in [-0.15, -0.1) is 13.2 Å². The predicted octanol–water partition coefficient (Wildman–Crippen LogP) is 3.31. The lowest BCUT2D eigenvalue weighted by molar-refractivity contribution is -0.274. The van der Waals surface area contributed by atoms with E-state index >= 15 is 0 Å². The minimum absolute atomic E-state index is 0.274. The van der Waals surface area contributed by atoms with E-state index in [4.69, 9.17) is 9.47 Å². The highest BCUT2D eigenvalue weighted by Crippen LogP contribution is 2.27. The molecule has 0 aliphatic carbocycles. The van der Waals surface area contributed by atoms with Crippen LogP contribution in [0.5, 0.6) is 11.5 Å². The van der Waals surface area contributed by atoms with Crippen molar-refractivity contribution in [2.75, 3.05) is 20.3 Å². The highest BCUT2D eigenvalue weighted by atomic mass is 19.4. The first-order valence-electron chi connectivity index (χ1n) is 5.40. The molecule has 0 amide bonds. The number of methoxy groups -OCH3 is 1. The Labute approximate surface area is 103 Å². The van der Waals surface area contributed by atoms with Gasteiger partial charge < -0.3 is 14.2 Å². The van der Waals surface area contributed by atoms with Crippen LogP contribution >= 0.6 is 0 Å². The minimum Gasteiger partial charge on any atom is -0.493 e. The van der Waals surface area contributed by atoms with Crippen molar-refractivity contribution in [1.29, 1.82) is 0 Å². The summed E-state index contributed by atoms with van der Waals surface area (Å²) in [6.07, 6.45) is -4.03. The van der Waals surface area contributed by atoms with Crippen LogP contribution in [0.25, 0.3) is 0 Å². The van der Waals surface area contributed by atoms with Gasteiger partial charge in [0.05, 0.1) is 6.61 Å². The molecular weight excluding hydrogens is 249 g/mol. The van der Waals surface area contributed by atoms with Crippen LogP contribution in [0.3, 0.4) is 0 Å². The molecule has 0 N–H and O–H groups in total. The summed E-state index contributed by atoms with van der Waals surface area (Å²) >= 11 is 0. The number of aryl methyl sites for hydroxylation is 1. The van der Waals surface area contributed by atoms with E-state index in [9.17, 15) is 13.2 Å². The Bertz CT molecular complexity index is 377. The summed E-state index contributed by atoms with van der Waals surface area (Å²) in [5.74, 6) is 0.0783. The fourth-order valence-electron chi connectivity index (χ4n) is 1.38. The van der Waals surface area contributed by atoms with E-state index in [2.05, 4.69) is 4.74 Å². The summed E-state index contributed by atoms with van der Waals surface area (Å²) < 4.78 is 50.2. The van der Waals surface area contributed by atoms with Gasteiger partial charge in [-0.25, -0.2) is 0 Å². The van der Waals surface area contributed by atoms with Crippen LogP contribution in [-0.4, -0.2) is 26.7 Å². The Morgan fingerprint density at radius 3 is 2.33 bits per heavy atom. The second-order valence-electron chi connectivity index (χ2n) is 3.72. The molecule has 0 unspecified atom stereocenters. The van der Waals surface area contributed by atoms with Crippen molar-refractivity contribution in [3.8, 4) is 11.5 Å². The number of rotatable bonds is 6. The Morgan fingerprint density at radius 2 is 1.72 bits per heavy atom. The number of benzene rings is 1.